The molecule has 1 aliphatic carbocycles. The molecule has 0 radical (unpaired) electrons. The smallest absolute Gasteiger partial charge is 0.227 e. The number of nitrogens with one attached hydrogen (secondary N) is 1. The van der Waals surface area contributed by atoms with E-state index in [1.807, 2.05) is 18.2 Å². The highest BCUT2D eigenvalue weighted by molar-refractivity contribution is 5.83. The summed E-state index contributed by atoms with van der Waals surface area (Å²) in [4.78, 5) is 16.6. The number of hydrogen-bond donors (Lipinski definition) is 2. The second-order valence-electron chi connectivity index (χ2n) is 6.12. The Morgan fingerprint density at radius 1 is 1.47 bits per heavy atom. The van der Waals surface area contributed by atoms with Crippen molar-refractivity contribution >= 4 is 5.91 Å². The maximum Gasteiger partial charge on any atom is 0.227 e. The Morgan fingerprint density at radius 2 is 2.21 bits per heavy atom. The monoisotopic (exact) mass is 261 g/mol. The zero-order valence-corrected chi connectivity index (χ0v) is 11.8. The average molecular weight is 261 g/mol. The molecule has 0 spiro atoms. The highest BCUT2D eigenvalue weighted by Crippen LogP contribution is 2.40. The molecule has 19 heavy (non-hydrogen) atoms. The predicted octanol–water partition coefficient (Wildman–Crippen LogP) is 1.60. The van der Waals surface area contributed by atoms with Crippen molar-refractivity contribution in [3.8, 4) is 0 Å². The van der Waals surface area contributed by atoms with Crippen LogP contribution in [0.5, 0.6) is 0 Å². The molecule has 1 amide bonds. The van der Waals surface area contributed by atoms with Gasteiger partial charge in [-0.1, -0.05) is 26.3 Å². The molecule has 0 saturated heterocycles. The molecule has 0 unspecified atom stereocenters. The Bertz CT molecular complexity index is 432. The fourth-order valence-electron chi connectivity index (χ4n) is 2.47. The molecule has 4 nitrogen and oxygen atoms in total. The lowest BCUT2D eigenvalue weighted by Crippen LogP contribution is -2.52. The van der Waals surface area contributed by atoms with Gasteiger partial charge in [0.25, 0.3) is 0 Å². The first-order chi connectivity index (χ1) is 9.00. The van der Waals surface area contributed by atoms with Gasteiger partial charge in [0.05, 0.1) is 5.41 Å². The Labute approximate surface area is 114 Å². The Morgan fingerprint density at radius 3 is 2.68 bits per heavy atom. The van der Waals surface area contributed by atoms with E-state index in [1.165, 1.54) is 0 Å². The standard InChI is InChI=1S/C15H23N3O/c1-14(2,12-6-3-4-9-17-12)11-18-13(19)15(10-16)7-5-8-15/h3-4,6,9H,5,7-8,10-11,16H2,1-2H3,(H,18,19). The van der Waals surface area contributed by atoms with Gasteiger partial charge in [-0.25, -0.2) is 0 Å². The van der Waals surface area contributed by atoms with Gasteiger partial charge in [0.2, 0.25) is 5.91 Å². The first kappa shape index (κ1) is 14.0. The predicted molar refractivity (Wildman–Crippen MR) is 75.6 cm³/mol. The summed E-state index contributed by atoms with van der Waals surface area (Å²) in [6, 6.07) is 5.86. The van der Waals surface area contributed by atoms with Crippen molar-refractivity contribution in [2.24, 2.45) is 11.1 Å². The molecule has 104 valence electrons. The molecular weight excluding hydrogens is 238 g/mol. The molecule has 0 aromatic carbocycles. The molecule has 0 atom stereocenters. The van der Waals surface area contributed by atoms with Gasteiger partial charge in [-0.05, 0) is 25.0 Å². The van der Waals surface area contributed by atoms with Gasteiger partial charge in [-0.2, -0.15) is 0 Å². The van der Waals surface area contributed by atoms with Gasteiger partial charge in [0.15, 0.2) is 0 Å². The molecule has 0 bridgehead atoms. The number of rotatable bonds is 5. The Balaban J connectivity index is 1.96. The van der Waals surface area contributed by atoms with Crippen LogP contribution in [0.1, 0.15) is 38.8 Å². The minimum atomic E-state index is -0.305. The molecule has 1 aromatic rings. The number of aromatic nitrogens is 1. The van der Waals surface area contributed by atoms with Crippen LogP contribution in [0.15, 0.2) is 24.4 Å². The molecule has 4 heteroatoms. The highest BCUT2D eigenvalue weighted by atomic mass is 16.2. The van der Waals surface area contributed by atoms with Crippen molar-refractivity contribution in [3.05, 3.63) is 30.1 Å². The van der Waals surface area contributed by atoms with Crippen molar-refractivity contribution < 1.29 is 4.79 Å². The zero-order chi connectivity index (χ0) is 13.9. The average Bonchev–Trinajstić information content (AvgIpc) is 2.37. The van der Waals surface area contributed by atoms with Crippen molar-refractivity contribution in [3.63, 3.8) is 0 Å². The SMILES string of the molecule is CC(C)(CNC(=O)C1(CN)CCC1)c1ccccn1. The third kappa shape index (κ3) is 2.78. The van der Waals surface area contributed by atoms with E-state index in [9.17, 15) is 4.79 Å². The fourth-order valence-corrected chi connectivity index (χ4v) is 2.47. The summed E-state index contributed by atoms with van der Waals surface area (Å²) in [7, 11) is 0. The second kappa shape index (κ2) is 5.29. The minimum absolute atomic E-state index is 0.102. The number of pyridine rings is 1. The van der Waals surface area contributed by atoms with E-state index in [2.05, 4.69) is 24.1 Å². The molecule has 2 rings (SSSR count). The number of nitrogens with two attached hydrogens (primary N) is 1. The second-order valence-corrected chi connectivity index (χ2v) is 6.12. The Kier molecular flexibility index (Phi) is 3.90. The van der Waals surface area contributed by atoms with Crippen molar-refractivity contribution in [1.82, 2.24) is 10.3 Å². The number of carbonyl (C=O) groups excluding carboxylic acids is 1. The van der Waals surface area contributed by atoms with Crippen LogP contribution >= 0.6 is 0 Å². The minimum Gasteiger partial charge on any atom is -0.355 e. The van der Waals surface area contributed by atoms with Crippen LogP contribution in [0.4, 0.5) is 0 Å². The van der Waals surface area contributed by atoms with Crippen LogP contribution in [0.2, 0.25) is 0 Å². The summed E-state index contributed by atoms with van der Waals surface area (Å²) >= 11 is 0. The number of amides is 1. The van der Waals surface area contributed by atoms with Crippen molar-refractivity contribution in [2.45, 2.75) is 38.5 Å². The Hall–Kier alpha value is -1.42. The van der Waals surface area contributed by atoms with E-state index in [1.54, 1.807) is 6.20 Å². The summed E-state index contributed by atoms with van der Waals surface area (Å²) < 4.78 is 0. The van der Waals surface area contributed by atoms with Gasteiger partial charge in [0.1, 0.15) is 0 Å². The van der Waals surface area contributed by atoms with E-state index in [0.29, 0.717) is 13.1 Å². The van der Waals surface area contributed by atoms with Crippen LogP contribution in [0, 0.1) is 5.41 Å². The van der Waals surface area contributed by atoms with E-state index >= 15 is 0 Å². The van der Waals surface area contributed by atoms with Gasteiger partial charge in [-0.15, -0.1) is 0 Å². The molecule has 3 N–H and O–H groups in total. The summed E-state index contributed by atoms with van der Waals surface area (Å²) in [5.74, 6) is 0.102. The summed E-state index contributed by atoms with van der Waals surface area (Å²) in [6.07, 6.45) is 4.72. The van der Waals surface area contributed by atoms with Crippen LogP contribution in [-0.4, -0.2) is 24.0 Å². The van der Waals surface area contributed by atoms with E-state index in [4.69, 9.17) is 5.73 Å². The largest absolute Gasteiger partial charge is 0.355 e. The van der Waals surface area contributed by atoms with Crippen molar-refractivity contribution in [2.75, 3.05) is 13.1 Å². The lowest BCUT2D eigenvalue weighted by molar-refractivity contribution is -0.135. The number of carbonyl (C=O) groups is 1. The molecule has 1 saturated carbocycles. The van der Waals surface area contributed by atoms with E-state index in [-0.39, 0.29) is 16.7 Å². The number of hydrogen-bond acceptors (Lipinski definition) is 3. The summed E-state index contributed by atoms with van der Waals surface area (Å²) in [5, 5.41) is 3.06. The van der Waals surface area contributed by atoms with E-state index in [0.717, 1.165) is 25.0 Å². The maximum absolute atomic E-state index is 12.2. The van der Waals surface area contributed by atoms with Crippen LogP contribution < -0.4 is 11.1 Å². The third-order valence-corrected chi connectivity index (χ3v) is 4.23. The van der Waals surface area contributed by atoms with Gasteiger partial charge >= 0.3 is 0 Å². The first-order valence-corrected chi connectivity index (χ1v) is 6.90. The lowest BCUT2D eigenvalue weighted by Gasteiger charge is -2.40. The molecule has 1 aromatic heterocycles. The van der Waals surface area contributed by atoms with Crippen LogP contribution in [-0.2, 0) is 10.2 Å². The van der Waals surface area contributed by atoms with Gasteiger partial charge in [0, 0.05) is 30.4 Å². The molecule has 1 aliphatic rings. The van der Waals surface area contributed by atoms with Gasteiger partial charge in [-0.3, -0.25) is 9.78 Å². The topological polar surface area (TPSA) is 68.0 Å². The van der Waals surface area contributed by atoms with Crippen LogP contribution in [0.25, 0.3) is 0 Å². The van der Waals surface area contributed by atoms with E-state index < -0.39 is 0 Å². The maximum atomic E-state index is 12.2. The van der Waals surface area contributed by atoms with Crippen molar-refractivity contribution in [1.29, 1.82) is 0 Å². The van der Waals surface area contributed by atoms with Gasteiger partial charge < -0.3 is 11.1 Å². The third-order valence-electron chi connectivity index (χ3n) is 4.23. The lowest BCUT2D eigenvalue weighted by atomic mass is 9.68. The van der Waals surface area contributed by atoms with Crippen LogP contribution in [0.3, 0.4) is 0 Å². The quantitative estimate of drug-likeness (QED) is 0.846. The fraction of sp³-hybridized carbons (Fsp3) is 0.600. The molecular formula is C15H23N3O. The first-order valence-electron chi connectivity index (χ1n) is 6.90. The molecule has 1 fully saturated rings. The normalized spacial score (nSPS) is 17.6. The number of nitrogens with zero attached hydrogens (tertiary/aromatic N) is 1. The highest BCUT2D eigenvalue weighted by Gasteiger charge is 2.43. The zero-order valence-electron chi connectivity index (χ0n) is 11.8. The molecule has 0 aliphatic heterocycles. The molecule has 1 heterocycles. The summed E-state index contributed by atoms with van der Waals surface area (Å²) in [6.45, 7) is 5.21. The summed E-state index contributed by atoms with van der Waals surface area (Å²) in [5.41, 5.74) is 6.26.